The Kier molecular flexibility index (Phi) is 4.09. The van der Waals surface area contributed by atoms with Crippen LogP contribution in [0.25, 0.3) is 11.0 Å². The van der Waals surface area contributed by atoms with Gasteiger partial charge in [-0.25, -0.2) is 0 Å². The number of carbonyl (C=O) groups excluding carboxylic acids is 1. The van der Waals surface area contributed by atoms with Crippen LogP contribution >= 0.6 is 0 Å². The Morgan fingerprint density at radius 1 is 1.16 bits per heavy atom. The highest BCUT2D eigenvalue weighted by Crippen LogP contribution is 2.23. The van der Waals surface area contributed by atoms with E-state index in [1.807, 2.05) is 30.1 Å². The van der Waals surface area contributed by atoms with Gasteiger partial charge in [0.1, 0.15) is 11.0 Å². The van der Waals surface area contributed by atoms with Crippen LogP contribution in [-0.4, -0.2) is 52.4 Å². The first-order valence-electron chi connectivity index (χ1n) is 8.60. The van der Waals surface area contributed by atoms with E-state index < -0.39 is 0 Å². The van der Waals surface area contributed by atoms with Crippen LogP contribution in [0.15, 0.2) is 48.5 Å². The van der Waals surface area contributed by atoms with E-state index in [1.165, 1.54) is 5.69 Å². The van der Waals surface area contributed by atoms with Gasteiger partial charge in [-0.1, -0.05) is 18.2 Å². The van der Waals surface area contributed by atoms with Crippen LogP contribution in [0.4, 0.5) is 5.69 Å². The molecule has 4 rings (SSSR count). The van der Waals surface area contributed by atoms with Gasteiger partial charge in [-0.2, -0.15) is 15.4 Å². The largest absolute Gasteiger partial charge is 0.369 e. The van der Waals surface area contributed by atoms with Crippen molar-refractivity contribution in [3.8, 4) is 0 Å². The summed E-state index contributed by atoms with van der Waals surface area (Å²) in [4.78, 5) is 17.1. The van der Waals surface area contributed by atoms with E-state index in [0.717, 1.165) is 31.4 Å². The van der Waals surface area contributed by atoms with Crippen molar-refractivity contribution in [2.24, 2.45) is 0 Å². The van der Waals surface area contributed by atoms with Crippen molar-refractivity contribution in [1.82, 2.24) is 20.3 Å². The maximum Gasteiger partial charge on any atom is 0.253 e. The van der Waals surface area contributed by atoms with Gasteiger partial charge in [0.15, 0.2) is 0 Å². The summed E-state index contributed by atoms with van der Waals surface area (Å²) in [6.07, 6.45) is 2.11. The van der Waals surface area contributed by atoms with Crippen molar-refractivity contribution in [1.29, 1.82) is 0 Å². The summed E-state index contributed by atoms with van der Waals surface area (Å²) in [5.41, 5.74) is 3.36. The lowest BCUT2D eigenvalue weighted by Gasteiger charge is -2.38. The van der Waals surface area contributed by atoms with Crippen molar-refractivity contribution in [2.75, 3.05) is 25.0 Å². The molecule has 6 heteroatoms. The predicted molar refractivity (Wildman–Crippen MR) is 97.7 cm³/mol. The van der Waals surface area contributed by atoms with E-state index >= 15 is 0 Å². The van der Waals surface area contributed by atoms with Gasteiger partial charge < -0.3 is 9.80 Å². The van der Waals surface area contributed by atoms with E-state index in [-0.39, 0.29) is 11.9 Å². The lowest BCUT2D eigenvalue weighted by atomic mass is 10.0. The Morgan fingerprint density at radius 2 is 1.96 bits per heavy atom. The second-order valence-corrected chi connectivity index (χ2v) is 6.52. The number of nitrogens with one attached hydrogen (secondary N) is 1. The van der Waals surface area contributed by atoms with Crippen molar-refractivity contribution < 1.29 is 4.79 Å². The van der Waals surface area contributed by atoms with Crippen LogP contribution < -0.4 is 4.90 Å². The zero-order chi connectivity index (χ0) is 17.2. The van der Waals surface area contributed by atoms with Gasteiger partial charge in [0.05, 0.1) is 0 Å². The van der Waals surface area contributed by atoms with Crippen molar-refractivity contribution in [3.05, 3.63) is 54.1 Å². The Hall–Kier alpha value is -2.89. The van der Waals surface area contributed by atoms with Gasteiger partial charge in [-0.05, 0) is 43.2 Å². The fourth-order valence-corrected chi connectivity index (χ4v) is 3.49. The molecule has 1 atom stereocenters. The number of piperidine rings is 1. The van der Waals surface area contributed by atoms with Crippen LogP contribution in [0.3, 0.4) is 0 Å². The highest BCUT2D eigenvalue weighted by Gasteiger charge is 2.27. The fraction of sp³-hybridized carbons (Fsp3) is 0.316. The number of aromatic nitrogens is 3. The number of hydrogen-bond acceptors (Lipinski definition) is 4. The van der Waals surface area contributed by atoms with Crippen molar-refractivity contribution in [2.45, 2.75) is 18.9 Å². The number of fused-ring (bicyclic) bond motifs is 1. The summed E-state index contributed by atoms with van der Waals surface area (Å²) in [6, 6.07) is 16.1. The van der Waals surface area contributed by atoms with Gasteiger partial charge in [0.25, 0.3) is 5.91 Å². The molecule has 3 aromatic rings. The minimum absolute atomic E-state index is 0.0322. The molecule has 1 fully saturated rings. The lowest BCUT2D eigenvalue weighted by Crippen LogP contribution is -2.48. The van der Waals surface area contributed by atoms with Gasteiger partial charge in [0, 0.05) is 37.4 Å². The van der Waals surface area contributed by atoms with E-state index in [0.29, 0.717) is 11.1 Å². The van der Waals surface area contributed by atoms with E-state index in [4.69, 9.17) is 0 Å². The van der Waals surface area contributed by atoms with Gasteiger partial charge in [-0.3, -0.25) is 4.79 Å². The molecule has 128 valence electrons. The molecule has 0 aliphatic carbocycles. The molecule has 1 aliphatic rings. The third kappa shape index (κ3) is 3.07. The van der Waals surface area contributed by atoms with E-state index in [9.17, 15) is 4.79 Å². The first-order chi connectivity index (χ1) is 12.2. The number of benzene rings is 2. The minimum atomic E-state index is 0.0322. The molecule has 1 aromatic heterocycles. The van der Waals surface area contributed by atoms with Gasteiger partial charge >= 0.3 is 0 Å². The number of aromatic amines is 1. The molecule has 6 nitrogen and oxygen atoms in total. The second-order valence-electron chi connectivity index (χ2n) is 6.52. The molecule has 0 bridgehead atoms. The van der Waals surface area contributed by atoms with Crippen LogP contribution in [0.5, 0.6) is 0 Å². The van der Waals surface area contributed by atoms with Crippen LogP contribution in [0.2, 0.25) is 0 Å². The number of hydrogen-bond donors (Lipinski definition) is 1. The Balaban J connectivity index is 1.51. The highest BCUT2D eigenvalue weighted by molar-refractivity contribution is 5.97. The lowest BCUT2D eigenvalue weighted by molar-refractivity contribution is 0.0717. The first-order valence-corrected chi connectivity index (χ1v) is 8.60. The third-order valence-corrected chi connectivity index (χ3v) is 4.95. The summed E-state index contributed by atoms with van der Waals surface area (Å²) in [5.74, 6) is 0.0322. The Morgan fingerprint density at radius 3 is 2.80 bits per heavy atom. The SMILES string of the molecule is CN(C(=O)c1ccc2n[nH]nc2c1)[C@@H]1CCCN(c2ccccc2)C1. The summed E-state index contributed by atoms with van der Waals surface area (Å²) in [6.45, 7) is 1.89. The third-order valence-electron chi connectivity index (χ3n) is 4.95. The zero-order valence-corrected chi connectivity index (χ0v) is 14.2. The average molecular weight is 335 g/mol. The number of likely N-dealkylation sites (N-methyl/N-ethyl adjacent to an activating group) is 1. The molecule has 1 amide bonds. The molecule has 0 unspecified atom stereocenters. The average Bonchev–Trinajstić information content (AvgIpc) is 3.15. The Labute approximate surface area is 146 Å². The Bertz CT molecular complexity index is 876. The molecular formula is C19H21N5O. The number of anilines is 1. The minimum Gasteiger partial charge on any atom is -0.369 e. The molecule has 0 spiro atoms. The van der Waals surface area contributed by atoms with Crippen molar-refractivity contribution in [3.63, 3.8) is 0 Å². The molecule has 2 heterocycles. The predicted octanol–water partition coefficient (Wildman–Crippen LogP) is 2.70. The monoisotopic (exact) mass is 335 g/mol. The number of para-hydroxylation sites is 1. The number of nitrogens with zero attached hydrogens (tertiary/aromatic N) is 4. The van der Waals surface area contributed by atoms with Crippen LogP contribution in [0, 0.1) is 0 Å². The van der Waals surface area contributed by atoms with Crippen LogP contribution in [0.1, 0.15) is 23.2 Å². The summed E-state index contributed by atoms with van der Waals surface area (Å²) in [5, 5.41) is 10.7. The molecule has 1 aliphatic heterocycles. The molecule has 2 aromatic carbocycles. The van der Waals surface area contributed by atoms with E-state index in [2.05, 4.69) is 44.6 Å². The summed E-state index contributed by atoms with van der Waals surface area (Å²) < 4.78 is 0. The molecule has 0 radical (unpaired) electrons. The molecule has 25 heavy (non-hydrogen) atoms. The summed E-state index contributed by atoms with van der Waals surface area (Å²) >= 11 is 0. The smallest absolute Gasteiger partial charge is 0.253 e. The van der Waals surface area contributed by atoms with Gasteiger partial charge in [-0.15, -0.1) is 0 Å². The first kappa shape index (κ1) is 15.6. The van der Waals surface area contributed by atoms with E-state index in [1.54, 1.807) is 6.07 Å². The number of carbonyl (C=O) groups is 1. The second kappa shape index (κ2) is 6.55. The quantitative estimate of drug-likeness (QED) is 0.799. The molecule has 1 N–H and O–H groups in total. The molecule has 1 saturated heterocycles. The maximum atomic E-state index is 12.9. The molecular weight excluding hydrogens is 314 g/mol. The topological polar surface area (TPSA) is 65.1 Å². The van der Waals surface area contributed by atoms with Crippen molar-refractivity contribution >= 4 is 22.6 Å². The number of rotatable bonds is 3. The highest BCUT2D eigenvalue weighted by atomic mass is 16.2. The summed E-state index contributed by atoms with van der Waals surface area (Å²) in [7, 11) is 1.90. The standard InChI is InChI=1S/C19H21N5O/c1-23(19(25)14-9-10-17-18(12-14)21-22-20-17)16-8-5-11-24(13-16)15-6-3-2-4-7-15/h2-4,6-7,9-10,12,16H,5,8,11,13H2,1H3,(H,20,21,22)/t16-/m1/s1. The number of amides is 1. The fourth-order valence-electron chi connectivity index (χ4n) is 3.49. The van der Waals surface area contributed by atoms with Gasteiger partial charge in [0.2, 0.25) is 0 Å². The molecule has 0 saturated carbocycles. The normalized spacial score (nSPS) is 17.6. The van der Waals surface area contributed by atoms with Crippen LogP contribution in [-0.2, 0) is 0 Å². The zero-order valence-electron chi connectivity index (χ0n) is 14.2. The number of H-pyrrole nitrogens is 1. The maximum absolute atomic E-state index is 12.9.